The predicted octanol–water partition coefficient (Wildman–Crippen LogP) is 6.12. The van der Waals surface area contributed by atoms with Gasteiger partial charge in [0.25, 0.3) is 5.91 Å². The van der Waals surface area contributed by atoms with Gasteiger partial charge in [-0.05, 0) is 38.1 Å². The lowest BCUT2D eigenvalue weighted by atomic mass is 9.86. The zero-order chi connectivity index (χ0) is 20.1. The lowest BCUT2D eigenvalue weighted by Gasteiger charge is -2.43. The van der Waals surface area contributed by atoms with Crippen molar-refractivity contribution in [3.8, 4) is 22.6 Å². The molecule has 4 nitrogen and oxygen atoms in total. The number of benzene rings is 2. The van der Waals surface area contributed by atoms with Gasteiger partial charge in [0.2, 0.25) is 0 Å². The second-order valence-electron chi connectivity index (χ2n) is 6.95. The van der Waals surface area contributed by atoms with Crippen molar-refractivity contribution in [3.05, 3.63) is 56.7 Å². The average molecular weight is 430 g/mol. The monoisotopic (exact) mass is 429 g/mol. The van der Waals surface area contributed by atoms with Crippen molar-refractivity contribution in [2.45, 2.75) is 19.4 Å². The van der Waals surface area contributed by atoms with Gasteiger partial charge in [0, 0.05) is 16.7 Å². The summed E-state index contributed by atoms with van der Waals surface area (Å²) in [7, 11) is 6.43. The van der Waals surface area contributed by atoms with E-state index in [0.717, 1.165) is 25.5 Å². The van der Waals surface area contributed by atoms with E-state index in [0.29, 0.717) is 17.1 Å². The molecule has 2 heterocycles. The molecule has 1 aliphatic rings. The first-order chi connectivity index (χ1) is 13.4. The van der Waals surface area contributed by atoms with Gasteiger partial charge in [-0.2, -0.15) is 0 Å². The third kappa shape index (κ3) is 2.77. The number of para-hydroxylation sites is 1. The summed E-state index contributed by atoms with van der Waals surface area (Å²) < 4.78 is 11.8. The molecule has 144 valence electrons. The van der Waals surface area contributed by atoms with Crippen LogP contribution >= 0.6 is 32.9 Å². The fourth-order valence-corrected chi connectivity index (χ4v) is 6.92. The number of fused-ring (bicyclic) bond motifs is 3. The minimum atomic E-state index is -0.574. The highest BCUT2D eigenvalue weighted by molar-refractivity contribution is 7.80. The Labute approximate surface area is 176 Å². The van der Waals surface area contributed by atoms with Gasteiger partial charge in [0.05, 0.1) is 30.3 Å². The highest BCUT2D eigenvalue weighted by Crippen LogP contribution is 2.55. The van der Waals surface area contributed by atoms with Crippen LogP contribution in [0.25, 0.3) is 11.1 Å². The second-order valence-corrected chi connectivity index (χ2v) is 9.76. The lowest BCUT2D eigenvalue weighted by Crippen LogP contribution is -2.48. The number of methoxy groups -OCH3 is 2. The van der Waals surface area contributed by atoms with E-state index >= 15 is 0 Å². The second kappa shape index (κ2) is 6.99. The van der Waals surface area contributed by atoms with Crippen LogP contribution < -0.4 is 14.4 Å². The Balaban J connectivity index is 2.00. The van der Waals surface area contributed by atoms with E-state index in [1.54, 1.807) is 47.0 Å². The number of carbonyl (C=O) groups excluding carboxylic acids is 1. The molecule has 0 saturated heterocycles. The smallest absolute Gasteiger partial charge is 0.259 e. The maximum absolute atomic E-state index is 13.7. The molecule has 0 aliphatic carbocycles. The summed E-state index contributed by atoms with van der Waals surface area (Å²) in [6, 6.07) is 13.0. The van der Waals surface area contributed by atoms with Gasteiger partial charge in [-0.3, -0.25) is 9.69 Å². The van der Waals surface area contributed by atoms with Crippen molar-refractivity contribution < 1.29 is 14.3 Å². The third-order valence-electron chi connectivity index (χ3n) is 4.98. The topological polar surface area (TPSA) is 38.8 Å². The van der Waals surface area contributed by atoms with Crippen LogP contribution in [0.4, 0.5) is 5.69 Å². The van der Waals surface area contributed by atoms with Crippen LogP contribution in [-0.4, -0.2) is 20.1 Å². The first-order valence-electron chi connectivity index (χ1n) is 8.69. The number of nitrogens with zero attached hydrogens (tertiary/aromatic N) is 1. The van der Waals surface area contributed by atoms with E-state index in [9.17, 15) is 4.79 Å². The number of hydrogen-bond donors (Lipinski definition) is 0. The van der Waals surface area contributed by atoms with Crippen LogP contribution in [0.3, 0.4) is 0 Å². The van der Waals surface area contributed by atoms with Crippen molar-refractivity contribution in [1.29, 1.82) is 0 Å². The Kier molecular flexibility index (Phi) is 4.77. The van der Waals surface area contributed by atoms with Crippen molar-refractivity contribution in [2.24, 2.45) is 0 Å². The largest absolute Gasteiger partial charge is 0.497 e. The third-order valence-corrected chi connectivity index (χ3v) is 8.31. The van der Waals surface area contributed by atoms with Crippen LogP contribution in [0.1, 0.15) is 29.1 Å². The molecule has 0 radical (unpaired) electrons. The van der Waals surface area contributed by atoms with Gasteiger partial charge < -0.3 is 9.47 Å². The molecule has 0 atom stereocenters. The molecule has 1 aromatic heterocycles. The average Bonchev–Trinajstić information content (AvgIpc) is 3.10. The SMILES string of the molecule is COc1cccc(C(=O)N2c3c(OC)cccc3-c3c(ssc3=S)C2(C)C)c1. The Morgan fingerprint density at radius 2 is 1.82 bits per heavy atom. The quantitative estimate of drug-likeness (QED) is 0.371. The number of anilines is 1. The maximum Gasteiger partial charge on any atom is 0.259 e. The lowest BCUT2D eigenvalue weighted by molar-refractivity contribution is 0.0960. The van der Waals surface area contributed by atoms with E-state index in [1.807, 2.05) is 35.2 Å². The predicted molar refractivity (Wildman–Crippen MR) is 118 cm³/mol. The minimum absolute atomic E-state index is 0.107. The van der Waals surface area contributed by atoms with Crippen molar-refractivity contribution in [2.75, 3.05) is 19.1 Å². The fourth-order valence-electron chi connectivity index (χ4n) is 3.64. The zero-order valence-electron chi connectivity index (χ0n) is 15.9. The summed E-state index contributed by atoms with van der Waals surface area (Å²) >= 11 is 5.63. The molecule has 0 bridgehead atoms. The van der Waals surface area contributed by atoms with Gasteiger partial charge in [-0.1, -0.05) is 51.1 Å². The standard InChI is InChI=1S/C21H19NO3S3/c1-21(2)18-16(20(26)28-27-18)14-9-6-10-15(25-4)17(14)22(21)19(23)12-7-5-8-13(11-12)24-3/h5-11H,1-4H3. The fraction of sp³-hybridized carbons (Fsp3) is 0.238. The maximum atomic E-state index is 13.7. The Morgan fingerprint density at radius 1 is 1.07 bits per heavy atom. The normalized spacial score (nSPS) is 14.2. The molecular weight excluding hydrogens is 410 g/mol. The summed E-state index contributed by atoms with van der Waals surface area (Å²) in [5.74, 6) is 1.19. The van der Waals surface area contributed by atoms with Crippen LogP contribution in [0.5, 0.6) is 11.5 Å². The summed E-state index contributed by atoms with van der Waals surface area (Å²) in [6.45, 7) is 4.11. The minimum Gasteiger partial charge on any atom is -0.497 e. The van der Waals surface area contributed by atoms with Crippen molar-refractivity contribution in [3.63, 3.8) is 0 Å². The summed E-state index contributed by atoms with van der Waals surface area (Å²) in [5, 5.41) is 0. The van der Waals surface area contributed by atoms with Gasteiger partial charge in [-0.25, -0.2) is 0 Å². The Morgan fingerprint density at radius 3 is 2.54 bits per heavy atom. The number of amides is 1. The zero-order valence-corrected chi connectivity index (χ0v) is 18.4. The summed E-state index contributed by atoms with van der Waals surface area (Å²) in [6.07, 6.45) is 0. The molecule has 0 fully saturated rings. The van der Waals surface area contributed by atoms with Gasteiger partial charge in [0.1, 0.15) is 15.3 Å². The molecule has 2 aromatic carbocycles. The molecular formula is C21H19NO3S3. The van der Waals surface area contributed by atoms with E-state index in [1.165, 1.54) is 0 Å². The number of hydrogen-bond acceptors (Lipinski definition) is 6. The molecule has 0 saturated carbocycles. The van der Waals surface area contributed by atoms with Crippen LogP contribution in [0.2, 0.25) is 0 Å². The van der Waals surface area contributed by atoms with E-state index in [-0.39, 0.29) is 5.91 Å². The molecule has 28 heavy (non-hydrogen) atoms. The van der Waals surface area contributed by atoms with Crippen LogP contribution in [0.15, 0.2) is 42.5 Å². The van der Waals surface area contributed by atoms with E-state index in [2.05, 4.69) is 13.8 Å². The first-order valence-corrected chi connectivity index (χ1v) is 11.3. The molecule has 4 rings (SSSR count). The van der Waals surface area contributed by atoms with Gasteiger partial charge in [-0.15, -0.1) is 0 Å². The molecule has 0 unspecified atom stereocenters. The Hall–Kier alpha value is -2.22. The van der Waals surface area contributed by atoms with Gasteiger partial charge >= 0.3 is 0 Å². The number of carbonyl (C=O) groups is 1. The molecule has 1 amide bonds. The molecule has 0 N–H and O–H groups in total. The molecule has 1 aliphatic heterocycles. The molecule has 7 heteroatoms. The number of rotatable bonds is 3. The van der Waals surface area contributed by atoms with E-state index < -0.39 is 5.54 Å². The summed E-state index contributed by atoms with van der Waals surface area (Å²) in [4.78, 5) is 16.7. The number of ether oxygens (including phenoxy) is 2. The van der Waals surface area contributed by atoms with E-state index in [4.69, 9.17) is 21.7 Å². The summed E-state index contributed by atoms with van der Waals surface area (Å²) in [5.41, 5.74) is 2.72. The Bertz CT molecular complexity index is 1130. The van der Waals surface area contributed by atoms with Crippen LogP contribution in [0, 0.1) is 3.82 Å². The molecule has 3 aromatic rings. The van der Waals surface area contributed by atoms with Crippen LogP contribution in [-0.2, 0) is 5.54 Å². The van der Waals surface area contributed by atoms with Crippen molar-refractivity contribution >= 4 is 44.5 Å². The highest BCUT2D eigenvalue weighted by atomic mass is 32.9. The van der Waals surface area contributed by atoms with Gasteiger partial charge in [0.15, 0.2) is 0 Å². The molecule has 0 spiro atoms. The highest BCUT2D eigenvalue weighted by Gasteiger charge is 2.44. The first kappa shape index (κ1) is 19.1. The van der Waals surface area contributed by atoms with Crippen molar-refractivity contribution in [1.82, 2.24) is 0 Å².